The molecule has 0 saturated carbocycles. The molecule has 0 amide bonds. The van der Waals surface area contributed by atoms with E-state index in [0.717, 1.165) is 11.1 Å². The minimum absolute atomic E-state index is 0. The van der Waals surface area contributed by atoms with Gasteiger partial charge in [-0.25, -0.2) is 4.79 Å². The summed E-state index contributed by atoms with van der Waals surface area (Å²) in [7, 11) is 0. The highest BCUT2D eigenvalue weighted by Gasteiger charge is 2.39. The van der Waals surface area contributed by atoms with Gasteiger partial charge in [0.1, 0.15) is 0 Å². The SMILES string of the molecule is CCOC(=O)C1C(=O)c2ccccc2CN1Cc1ccccc1.Cl. The van der Waals surface area contributed by atoms with Crippen molar-refractivity contribution in [2.75, 3.05) is 6.61 Å². The summed E-state index contributed by atoms with van der Waals surface area (Å²) in [6.07, 6.45) is 0. The number of hydrogen-bond donors (Lipinski definition) is 0. The number of benzene rings is 2. The predicted octanol–water partition coefficient (Wildman–Crippen LogP) is 3.24. The Morgan fingerprint density at radius 2 is 1.79 bits per heavy atom. The van der Waals surface area contributed by atoms with Crippen LogP contribution in [0, 0.1) is 0 Å². The van der Waals surface area contributed by atoms with Crippen molar-refractivity contribution in [3.63, 3.8) is 0 Å². The first-order chi connectivity index (χ1) is 11.2. The van der Waals surface area contributed by atoms with E-state index in [1.165, 1.54) is 0 Å². The second-order valence-electron chi connectivity index (χ2n) is 5.57. The van der Waals surface area contributed by atoms with Crippen LogP contribution in [0.5, 0.6) is 0 Å². The number of ether oxygens (including phenoxy) is 1. The van der Waals surface area contributed by atoms with Gasteiger partial charge in [0.25, 0.3) is 0 Å². The summed E-state index contributed by atoms with van der Waals surface area (Å²) in [5.41, 5.74) is 2.64. The summed E-state index contributed by atoms with van der Waals surface area (Å²) >= 11 is 0. The maximum absolute atomic E-state index is 12.8. The summed E-state index contributed by atoms with van der Waals surface area (Å²) in [5, 5.41) is 0. The minimum atomic E-state index is -0.870. The Balaban J connectivity index is 0.00000208. The second-order valence-corrected chi connectivity index (χ2v) is 5.57. The molecule has 24 heavy (non-hydrogen) atoms. The molecule has 1 aliphatic rings. The van der Waals surface area contributed by atoms with Crippen LogP contribution in [0.1, 0.15) is 28.4 Å². The lowest BCUT2D eigenvalue weighted by Gasteiger charge is -2.34. The van der Waals surface area contributed by atoms with E-state index in [0.29, 0.717) is 18.7 Å². The normalized spacial score (nSPS) is 16.9. The standard InChI is InChI=1S/C19H19NO3.ClH/c1-2-23-19(22)17-18(21)16-11-7-6-10-15(16)13-20(17)12-14-8-4-3-5-9-14;/h3-11,17H,2,12-13H2,1H3;1H. The number of fused-ring (bicyclic) bond motifs is 1. The number of carbonyl (C=O) groups excluding carboxylic acids is 2. The van der Waals surface area contributed by atoms with Crippen LogP contribution in [-0.4, -0.2) is 29.3 Å². The molecule has 3 rings (SSSR count). The van der Waals surface area contributed by atoms with Crippen molar-refractivity contribution in [3.8, 4) is 0 Å². The molecule has 2 aromatic rings. The van der Waals surface area contributed by atoms with Crippen molar-refractivity contribution in [1.29, 1.82) is 0 Å². The third kappa shape index (κ3) is 3.66. The van der Waals surface area contributed by atoms with E-state index in [1.807, 2.05) is 53.4 Å². The van der Waals surface area contributed by atoms with Crippen molar-refractivity contribution in [1.82, 2.24) is 4.90 Å². The van der Waals surface area contributed by atoms with Crippen LogP contribution in [0.15, 0.2) is 54.6 Å². The van der Waals surface area contributed by atoms with Crippen molar-refractivity contribution >= 4 is 24.2 Å². The molecule has 0 fully saturated rings. The summed E-state index contributed by atoms with van der Waals surface area (Å²) in [6.45, 7) is 3.11. The number of Topliss-reactive ketones (excluding diaryl/α,β-unsaturated/α-hetero) is 1. The van der Waals surface area contributed by atoms with E-state index < -0.39 is 12.0 Å². The third-order valence-electron chi connectivity index (χ3n) is 4.01. The van der Waals surface area contributed by atoms with E-state index in [1.54, 1.807) is 13.0 Å². The Hall–Kier alpha value is -2.17. The fourth-order valence-corrected chi connectivity index (χ4v) is 2.96. The maximum Gasteiger partial charge on any atom is 0.331 e. The van der Waals surface area contributed by atoms with E-state index in [4.69, 9.17) is 4.74 Å². The van der Waals surface area contributed by atoms with Gasteiger partial charge in [0.05, 0.1) is 6.61 Å². The zero-order valence-electron chi connectivity index (χ0n) is 13.5. The molecule has 1 aliphatic heterocycles. The Morgan fingerprint density at radius 3 is 2.50 bits per heavy atom. The largest absolute Gasteiger partial charge is 0.464 e. The van der Waals surface area contributed by atoms with Gasteiger partial charge in [-0.05, 0) is 18.1 Å². The highest BCUT2D eigenvalue weighted by Crippen LogP contribution is 2.25. The van der Waals surface area contributed by atoms with Crippen LogP contribution in [0.2, 0.25) is 0 Å². The fraction of sp³-hybridized carbons (Fsp3) is 0.263. The lowest BCUT2D eigenvalue weighted by Crippen LogP contribution is -2.50. The van der Waals surface area contributed by atoms with Gasteiger partial charge in [0.15, 0.2) is 11.8 Å². The van der Waals surface area contributed by atoms with Crippen molar-refractivity contribution in [3.05, 3.63) is 71.3 Å². The van der Waals surface area contributed by atoms with Gasteiger partial charge in [-0.2, -0.15) is 0 Å². The Labute approximate surface area is 147 Å². The van der Waals surface area contributed by atoms with Gasteiger partial charge >= 0.3 is 5.97 Å². The minimum Gasteiger partial charge on any atom is -0.464 e. The molecule has 0 N–H and O–H groups in total. The smallest absolute Gasteiger partial charge is 0.331 e. The van der Waals surface area contributed by atoms with Crippen LogP contribution >= 0.6 is 12.4 Å². The summed E-state index contributed by atoms with van der Waals surface area (Å²) in [5.74, 6) is -0.649. The van der Waals surface area contributed by atoms with Crippen LogP contribution in [0.25, 0.3) is 0 Å². The summed E-state index contributed by atoms with van der Waals surface area (Å²) in [6, 6.07) is 16.4. The topological polar surface area (TPSA) is 46.6 Å². The van der Waals surface area contributed by atoms with Crippen molar-refractivity contribution < 1.29 is 14.3 Å². The first-order valence-corrected chi connectivity index (χ1v) is 7.77. The number of hydrogen-bond acceptors (Lipinski definition) is 4. The Bertz CT molecular complexity index is 718. The molecule has 1 atom stereocenters. The molecule has 0 saturated heterocycles. The molecule has 1 heterocycles. The maximum atomic E-state index is 12.8. The molecule has 0 bridgehead atoms. The van der Waals surface area contributed by atoms with Crippen LogP contribution in [-0.2, 0) is 22.6 Å². The number of halogens is 1. The highest BCUT2D eigenvalue weighted by atomic mass is 35.5. The van der Waals surface area contributed by atoms with Gasteiger partial charge in [0, 0.05) is 18.7 Å². The molecule has 2 aromatic carbocycles. The number of esters is 1. The molecular weight excluding hydrogens is 326 g/mol. The predicted molar refractivity (Wildman–Crippen MR) is 94.1 cm³/mol. The molecule has 0 spiro atoms. The van der Waals surface area contributed by atoms with Gasteiger partial charge < -0.3 is 4.74 Å². The van der Waals surface area contributed by atoms with Gasteiger partial charge in [-0.3, -0.25) is 9.69 Å². The summed E-state index contributed by atoms with van der Waals surface area (Å²) in [4.78, 5) is 27.0. The highest BCUT2D eigenvalue weighted by molar-refractivity contribution is 6.13. The Morgan fingerprint density at radius 1 is 1.12 bits per heavy atom. The number of ketones is 1. The summed E-state index contributed by atoms with van der Waals surface area (Å²) < 4.78 is 5.13. The molecular formula is C19H20ClNO3. The van der Waals surface area contributed by atoms with E-state index in [2.05, 4.69) is 0 Å². The van der Waals surface area contributed by atoms with Gasteiger partial charge in [0.2, 0.25) is 0 Å². The zero-order chi connectivity index (χ0) is 16.2. The molecule has 0 aromatic heterocycles. The zero-order valence-corrected chi connectivity index (χ0v) is 14.3. The molecule has 1 unspecified atom stereocenters. The van der Waals surface area contributed by atoms with Gasteiger partial charge in [-0.15, -0.1) is 12.4 Å². The van der Waals surface area contributed by atoms with E-state index >= 15 is 0 Å². The lowest BCUT2D eigenvalue weighted by molar-refractivity contribution is -0.148. The van der Waals surface area contributed by atoms with Crippen LogP contribution in [0.3, 0.4) is 0 Å². The van der Waals surface area contributed by atoms with Crippen molar-refractivity contribution in [2.45, 2.75) is 26.1 Å². The van der Waals surface area contributed by atoms with E-state index in [-0.39, 0.29) is 24.8 Å². The number of carbonyl (C=O) groups is 2. The van der Waals surface area contributed by atoms with Crippen molar-refractivity contribution in [2.24, 2.45) is 0 Å². The van der Waals surface area contributed by atoms with Crippen LogP contribution < -0.4 is 0 Å². The molecule has 126 valence electrons. The molecule has 0 aliphatic carbocycles. The average molecular weight is 346 g/mol. The first-order valence-electron chi connectivity index (χ1n) is 7.77. The number of nitrogens with zero attached hydrogens (tertiary/aromatic N) is 1. The van der Waals surface area contributed by atoms with Crippen LogP contribution in [0.4, 0.5) is 0 Å². The Kier molecular flexibility index (Phi) is 6.12. The number of rotatable bonds is 4. The third-order valence-corrected chi connectivity index (χ3v) is 4.01. The molecule has 4 nitrogen and oxygen atoms in total. The molecule has 0 radical (unpaired) electrons. The monoisotopic (exact) mass is 345 g/mol. The average Bonchev–Trinajstić information content (AvgIpc) is 2.56. The lowest BCUT2D eigenvalue weighted by atomic mass is 9.92. The van der Waals surface area contributed by atoms with Gasteiger partial charge in [-0.1, -0.05) is 54.6 Å². The quantitative estimate of drug-likeness (QED) is 0.630. The second kappa shape index (κ2) is 8.08. The first kappa shape index (κ1) is 18.2. The fourth-order valence-electron chi connectivity index (χ4n) is 2.96. The molecule has 5 heteroatoms. The van der Waals surface area contributed by atoms with E-state index in [9.17, 15) is 9.59 Å².